The maximum absolute atomic E-state index is 13.1. The predicted octanol–water partition coefficient (Wildman–Crippen LogP) is 1.60. The zero-order valence-electron chi connectivity index (χ0n) is 10.4. The molecule has 2 rings (SSSR count). The van der Waals surface area contributed by atoms with Crippen LogP contribution >= 0.6 is 12.2 Å². The summed E-state index contributed by atoms with van der Waals surface area (Å²) >= 11 is 5.13. The molecule has 1 heterocycles. The van der Waals surface area contributed by atoms with E-state index in [1.165, 1.54) is 12.1 Å². The Hall–Kier alpha value is -1.73. The summed E-state index contributed by atoms with van der Waals surface area (Å²) in [7, 11) is 1.57. The fourth-order valence-corrected chi connectivity index (χ4v) is 2.06. The molecular weight excluding hydrogens is 269 g/mol. The Balaban J connectivity index is 2.18. The van der Waals surface area contributed by atoms with Crippen molar-refractivity contribution in [1.82, 2.24) is 14.9 Å². The SMILES string of the molecule is COCCNC(=O)Cn1c(=S)[nH]c2cc(F)ccc21. The van der Waals surface area contributed by atoms with Gasteiger partial charge in [-0.1, -0.05) is 0 Å². The minimum atomic E-state index is -0.347. The molecule has 0 aliphatic rings. The van der Waals surface area contributed by atoms with Gasteiger partial charge in [0.2, 0.25) is 5.91 Å². The highest BCUT2D eigenvalue weighted by atomic mass is 32.1. The first-order valence-electron chi connectivity index (χ1n) is 5.75. The second-order valence-electron chi connectivity index (χ2n) is 4.02. The number of methoxy groups -OCH3 is 1. The molecule has 19 heavy (non-hydrogen) atoms. The third-order valence-corrected chi connectivity index (χ3v) is 2.99. The van der Waals surface area contributed by atoms with Crippen LogP contribution in [0.25, 0.3) is 11.0 Å². The number of aromatic amines is 1. The number of nitrogens with zero attached hydrogens (tertiary/aromatic N) is 1. The molecule has 0 unspecified atom stereocenters. The van der Waals surface area contributed by atoms with Gasteiger partial charge in [0.1, 0.15) is 12.4 Å². The molecule has 1 aromatic carbocycles. The number of aromatic nitrogens is 2. The number of benzene rings is 1. The lowest BCUT2D eigenvalue weighted by atomic mass is 10.3. The number of hydrogen-bond donors (Lipinski definition) is 2. The van der Waals surface area contributed by atoms with Crippen molar-refractivity contribution >= 4 is 29.2 Å². The molecular formula is C12H14FN3O2S. The average Bonchev–Trinajstić information content (AvgIpc) is 2.65. The van der Waals surface area contributed by atoms with E-state index in [0.717, 1.165) is 0 Å². The van der Waals surface area contributed by atoms with Crippen molar-refractivity contribution in [1.29, 1.82) is 0 Å². The van der Waals surface area contributed by atoms with Gasteiger partial charge in [0, 0.05) is 13.7 Å². The minimum Gasteiger partial charge on any atom is -0.383 e. The van der Waals surface area contributed by atoms with Gasteiger partial charge in [-0.3, -0.25) is 4.79 Å². The van der Waals surface area contributed by atoms with Crippen molar-refractivity contribution < 1.29 is 13.9 Å². The molecule has 0 bridgehead atoms. The second-order valence-corrected chi connectivity index (χ2v) is 4.41. The Bertz CT molecular complexity index is 650. The maximum Gasteiger partial charge on any atom is 0.240 e. The van der Waals surface area contributed by atoms with Crippen LogP contribution in [0.3, 0.4) is 0 Å². The van der Waals surface area contributed by atoms with Crippen LogP contribution in [-0.4, -0.2) is 35.7 Å². The standard InChI is InChI=1S/C12H14FN3O2S/c1-18-5-4-14-11(17)7-16-10-3-2-8(13)6-9(10)15-12(16)19/h2-3,6H,4-5,7H2,1H3,(H,14,17)(H,15,19). The number of rotatable bonds is 5. The fraction of sp³-hybridized carbons (Fsp3) is 0.333. The van der Waals surface area contributed by atoms with E-state index < -0.39 is 0 Å². The molecule has 102 valence electrons. The maximum atomic E-state index is 13.1. The number of fused-ring (bicyclic) bond motifs is 1. The van der Waals surface area contributed by atoms with E-state index in [1.807, 2.05) is 0 Å². The number of halogens is 1. The highest BCUT2D eigenvalue weighted by molar-refractivity contribution is 7.71. The Morgan fingerprint density at radius 2 is 2.37 bits per heavy atom. The number of carbonyl (C=O) groups excluding carboxylic acids is 1. The Morgan fingerprint density at radius 3 is 3.11 bits per heavy atom. The zero-order valence-corrected chi connectivity index (χ0v) is 11.2. The van der Waals surface area contributed by atoms with Crippen LogP contribution in [0, 0.1) is 10.6 Å². The smallest absolute Gasteiger partial charge is 0.240 e. The van der Waals surface area contributed by atoms with Gasteiger partial charge in [-0.2, -0.15) is 0 Å². The lowest BCUT2D eigenvalue weighted by molar-refractivity contribution is -0.121. The van der Waals surface area contributed by atoms with Crippen molar-refractivity contribution in [2.75, 3.05) is 20.3 Å². The van der Waals surface area contributed by atoms with Crippen molar-refractivity contribution in [3.63, 3.8) is 0 Å². The lowest BCUT2D eigenvalue weighted by Crippen LogP contribution is -2.30. The molecule has 0 aliphatic carbocycles. The molecule has 7 heteroatoms. The van der Waals surface area contributed by atoms with E-state index in [1.54, 1.807) is 17.7 Å². The third kappa shape index (κ3) is 3.18. The van der Waals surface area contributed by atoms with Gasteiger partial charge in [-0.15, -0.1) is 0 Å². The Morgan fingerprint density at radius 1 is 1.58 bits per heavy atom. The second kappa shape index (κ2) is 5.94. The van der Waals surface area contributed by atoms with E-state index in [-0.39, 0.29) is 18.3 Å². The fourth-order valence-electron chi connectivity index (χ4n) is 1.78. The number of ether oxygens (including phenoxy) is 1. The number of H-pyrrole nitrogens is 1. The largest absolute Gasteiger partial charge is 0.383 e. The number of nitrogens with one attached hydrogen (secondary N) is 2. The quantitative estimate of drug-likeness (QED) is 0.647. The first kappa shape index (κ1) is 13.7. The summed E-state index contributed by atoms with van der Waals surface area (Å²) < 4.78 is 20.0. The molecule has 0 radical (unpaired) electrons. The summed E-state index contributed by atoms with van der Waals surface area (Å²) in [5.74, 6) is -0.515. The van der Waals surface area contributed by atoms with Crippen LogP contribution < -0.4 is 5.32 Å². The summed E-state index contributed by atoms with van der Waals surface area (Å²) in [6.45, 7) is 0.990. The van der Waals surface area contributed by atoms with E-state index in [0.29, 0.717) is 29.0 Å². The summed E-state index contributed by atoms with van der Waals surface area (Å²) in [6.07, 6.45) is 0. The third-order valence-electron chi connectivity index (χ3n) is 2.67. The van der Waals surface area contributed by atoms with Gasteiger partial charge in [-0.05, 0) is 30.4 Å². The normalized spacial score (nSPS) is 10.8. The topological polar surface area (TPSA) is 59.0 Å². The number of hydrogen-bond acceptors (Lipinski definition) is 3. The molecule has 0 atom stereocenters. The molecule has 0 fully saturated rings. The van der Waals surface area contributed by atoms with Crippen molar-refractivity contribution in [3.8, 4) is 0 Å². The molecule has 1 aromatic heterocycles. The average molecular weight is 283 g/mol. The van der Waals surface area contributed by atoms with E-state index in [9.17, 15) is 9.18 Å². The van der Waals surface area contributed by atoms with Crippen LogP contribution in [0.1, 0.15) is 0 Å². The minimum absolute atomic E-state index is 0.0914. The van der Waals surface area contributed by atoms with Crippen LogP contribution in [0.4, 0.5) is 4.39 Å². The van der Waals surface area contributed by atoms with Gasteiger partial charge in [0.05, 0.1) is 17.6 Å². The molecule has 2 aromatic rings. The van der Waals surface area contributed by atoms with Gasteiger partial charge in [0.25, 0.3) is 0 Å². The Labute approximate surface area is 114 Å². The highest BCUT2D eigenvalue weighted by Crippen LogP contribution is 2.15. The van der Waals surface area contributed by atoms with Gasteiger partial charge in [0.15, 0.2) is 4.77 Å². The zero-order chi connectivity index (χ0) is 13.8. The molecule has 1 amide bonds. The van der Waals surface area contributed by atoms with Crippen molar-refractivity contribution in [3.05, 3.63) is 28.8 Å². The number of carbonyl (C=O) groups is 1. The molecule has 5 nitrogen and oxygen atoms in total. The monoisotopic (exact) mass is 283 g/mol. The van der Waals surface area contributed by atoms with Gasteiger partial charge in [-0.25, -0.2) is 4.39 Å². The summed E-state index contributed by atoms with van der Waals surface area (Å²) in [4.78, 5) is 14.6. The number of imidazole rings is 1. The van der Waals surface area contributed by atoms with Crippen LogP contribution in [0.2, 0.25) is 0 Å². The van der Waals surface area contributed by atoms with Crippen LogP contribution in [-0.2, 0) is 16.1 Å². The van der Waals surface area contributed by atoms with E-state index in [4.69, 9.17) is 17.0 Å². The summed E-state index contributed by atoms with van der Waals surface area (Å²) in [5.41, 5.74) is 1.28. The first-order chi connectivity index (χ1) is 9.11. The highest BCUT2D eigenvalue weighted by Gasteiger charge is 2.09. The molecule has 0 aliphatic heterocycles. The lowest BCUT2D eigenvalue weighted by Gasteiger charge is -2.06. The first-order valence-corrected chi connectivity index (χ1v) is 6.16. The molecule has 0 saturated heterocycles. The number of amides is 1. The molecule has 0 spiro atoms. The van der Waals surface area contributed by atoms with Crippen LogP contribution in [0.15, 0.2) is 18.2 Å². The van der Waals surface area contributed by atoms with Crippen molar-refractivity contribution in [2.24, 2.45) is 0 Å². The van der Waals surface area contributed by atoms with E-state index >= 15 is 0 Å². The van der Waals surface area contributed by atoms with Gasteiger partial charge < -0.3 is 19.6 Å². The van der Waals surface area contributed by atoms with Gasteiger partial charge >= 0.3 is 0 Å². The summed E-state index contributed by atoms with van der Waals surface area (Å²) in [6, 6.07) is 4.29. The van der Waals surface area contributed by atoms with Crippen molar-refractivity contribution in [2.45, 2.75) is 6.54 Å². The molecule has 0 saturated carbocycles. The Kier molecular flexibility index (Phi) is 4.28. The summed E-state index contributed by atoms with van der Waals surface area (Å²) in [5, 5.41) is 2.71. The molecule has 2 N–H and O–H groups in total. The van der Waals surface area contributed by atoms with E-state index in [2.05, 4.69) is 10.3 Å². The van der Waals surface area contributed by atoms with Crippen LogP contribution in [0.5, 0.6) is 0 Å². The predicted molar refractivity (Wildman–Crippen MR) is 72.0 cm³/mol.